The Kier molecular flexibility index (Phi) is 8.68. The molecule has 10 heteroatoms. The molecule has 0 aliphatic heterocycles. The fraction of sp³-hybridized carbons (Fsp3) is 0.250. The molecule has 0 spiro atoms. The van der Waals surface area contributed by atoms with Crippen LogP contribution in [0.5, 0.6) is 0 Å². The molecular formula is C32H28ClF4N3O2. The lowest BCUT2D eigenvalue weighted by molar-refractivity contribution is -0.137. The van der Waals surface area contributed by atoms with E-state index in [2.05, 4.69) is 10.3 Å². The highest BCUT2D eigenvalue weighted by molar-refractivity contribution is 6.31. The number of aromatic nitrogens is 1. The van der Waals surface area contributed by atoms with Crippen LogP contribution in [0.1, 0.15) is 59.8 Å². The van der Waals surface area contributed by atoms with Gasteiger partial charge in [-0.3, -0.25) is 14.5 Å². The second-order valence-electron chi connectivity index (χ2n) is 10.3. The molecule has 218 valence electrons. The Hall–Kier alpha value is -4.11. The summed E-state index contributed by atoms with van der Waals surface area (Å²) in [5, 5.41) is 2.44. The number of amides is 2. The van der Waals surface area contributed by atoms with Crippen LogP contribution >= 0.6 is 11.6 Å². The molecule has 1 fully saturated rings. The molecule has 1 saturated carbocycles. The van der Waals surface area contributed by atoms with Crippen LogP contribution in [0.3, 0.4) is 0 Å². The van der Waals surface area contributed by atoms with Crippen LogP contribution in [0.2, 0.25) is 5.02 Å². The highest BCUT2D eigenvalue weighted by Crippen LogP contribution is 2.39. The van der Waals surface area contributed by atoms with Crippen LogP contribution in [0, 0.1) is 5.82 Å². The predicted molar refractivity (Wildman–Crippen MR) is 154 cm³/mol. The molecule has 5 nitrogen and oxygen atoms in total. The normalized spacial score (nSPS) is 14.8. The van der Waals surface area contributed by atoms with E-state index in [0.717, 1.165) is 66.8 Å². The topological polar surface area (TPSA) is 65.2 Å². The molecule has 0 saturated heterocycles. The van der Waals surface area contributed by atoms with Gasteiger partial charge in [-0.1, -0.05) is 73.3 Å². The summed E-state index contributed by atoms with van der Waals surface area (Å²) < 4.78 is 55.7. The van der Waals surface area contributed by atoms with Gasteiger partial charge in [-0.2, -0.15) is 13.2 Å². The second kappa shape index (κ2) is 12.4. The number of aromatic amines is 1. The number of nitrogens with zero attached hydrogens (tertiary/aromatic N) is 1. The summed E-state index contributed by atoms with van der Waals surface area (Å²) in [6.07, 6.45) is -0.445. The first kappa shape index (κ1) is 29.4. The van der Waals surface area contributed by atoms with Crippen molar-refractivity contribution in [3.05, 3.63) is 113 Å². The highest BCUT2D eigenvalue weighted by atomic mass is 35.5. The van der Waals surface area contributed by atoms with Crippen molar-refractivity contribution in [2.24, 2.45) is 0 Å². The lowest BCUT2D eigenvalue weighted by Crippen LogP contribution is -2.47. The summed E-state index contributed by atoms with van der Waals surface area (Å²) in [5.41, 5.74) is 0.337. The molecule has 1 unspecified atom stereocenters. The summed E-state index contributed by atoms with van der Waals surface area (Å²) in [5.74, 6) is -1.90. The third-order valence-electron chi connectivity index (χ3n) is 7.40. The molecular weight excluding hydrogens is 570 g/mol. The van der Waals surface area contributed by atoms with Gasteiger partial charge in [0, 0.05) is 17.4 Å². The van der Waals surface area contributed by atoms with E-state index in [9.17, 15) is 27.2 Å². The van der Waals surface area contributed by atoms with Gasteiger partial charge < -0.3 is 10.3 Å². The first-order valence-electron chi connectivity index (χ1n) is 13.6. The van der Waals surface area contributed by atoms with Gasteiger partial charge in [0.05, 0.1) is 10.6 Å². The molecule has 0 radical (unpaired) electrons. The first-order chi connectivity index (χ1) is 20.1. The minimum absolute atomic E-state index is 0.0509. The summed E-state index contributed by atoms with van der Waals surface area (Å²) in [6.45, 7) is 0. The Bertz CT molecular complexity index is 1550. The number of benzene rings is 3. The summed E-state index contributed by atoms with van der Waals surface area (Å²) in [7, 11) is 0. The zero-order chi connectivity index (χ0) is 29.9. The fourth-order valence-electron chi connectivity index (χ4n) is 5.29. The number of carbonyl (C=O) groups excluding carboxylic acids is 2. The first-order valence-corrected chi connectivity index (χ1v) is 14.0. The third-order valence-corrected chi connectivity index (χ3v) is 7.73. The van der Waals surface area contributed by atoms with Crippen molar-refractivity contribution in [1.29, 1.82) is 0 Å². The van der Waals surface area contributed by atoms with Gasteiger partial charge in [0.1, 0.15) is 17.6 Å². The van der Waals surface area contributed by atoms with E-state index in [0.29, 0.717) is 5.69 Å². The molecule has 1 aliphatic rings. The van der Waals surface area contributed by atoms with Crippen molar-refractivity contribution >= 4 is 29.1 Å². The average Bonchev–Trinajstić information content (AvgIpc) is 3.48. The monoisotopic (exact) mass is 597 g/mol. The maximum absolute atomic E-state index is 14.2. The van der Waals surface area contributed by atoms with E-state index in [4.69, 9.17) is 11.6 Å². The Labute approximate surface area is 245 Å². The Morgan fingerprint density at radius 2 is 1.60 bits per heavy atom. The third kappa shape index (κ3) is 6.51. The minimum atomic E-state index is -4.82. The molecule has 1 aromatic heterocycles. The number of carbonyl (C=O) groups is 2. The van der Waals surface area contributed by atoms with Crippen LogP contribution in [0.15, 0.2) is 84.9 Å². The Balaban J connectivity index is 1.64. The maximum Gasteiger partial charge on any atom is 0.417 e. The van der Waals surface area contributed by atoms with Crippen LogP contribution in [0.25, 0.3) is 11.3 Å². The van der Waals surface area contributed by atoms with E-state index in [1.54, 1.807) is 6.07 Å². The van der Waals surface area contributed by atoms with Gasteiger partial charge in [-0.05, 0) is 66.4 Å². The number of anilines is 1. The Morgan fingerprint density at radius 1 is 0.905 bits per heavy atom. The summed E-state index contributed by atoms with van der Waals surface area (Å²) >= 11 is 5.91. The van der Waals surface area contributed by atoms with E-state index in [1.165, 1.54) is 24.3 Å². The van der Waals surface area contributed by atoms with Crippen molar-refractivity contribution in [2.75, 3.05) is 4.90 Å². The van der Waals surface area contributed by atoms with Crippen LogP contribution in [0.4, 0.5) is 23.2 Å². The molecule has 42 heavy (non-hydrogen) atoms. The van der Waals surface area contributed by atoms with Crippen LogP contribution in [-0.4, -0.2) is 22.8 Å². The number of alkyl halides is 3. The van der Waals surface area contributed by atoms with Gasteiger partial charge in [0.2, 0.25) is 5.91 Å². The highest BCUT2D eigenvalue weighted by Gasteiger charge is 2.38. The maximum atomic E-state index is 14.2. The largest absolute Gasteiger partial charge is 0.417 e. The van der Waals surface area contributed by atoms with Crippen LogP contribution in [-0.2, 0) is 11.0 Å². The van der Waals surface area contributed by atoms with Crippen molar-refractivity contribution in [1.82, 2.24) is 10.3 Å². The molecule has 1 aliphatic carbocycles. The number of hydrogen-bond donors (Lipinski definition) is 2. The van der Waals surface area contributed by atoms with Gasteiger partial charge in [0.25, 0.3) is 5.91 Å². The number of hydrogen-bond acceptors (Lipinski definition) is 2. The van der Waals surface area contributed by atoms with E-state index >= 15 is 0 Å². The van der Waals surface area contributed by atoms with Crippen molar-refractivity contribution < 1.29 is 27.2 Å². The fourth-order valence-corrected chi connectivity index (χ4v) is 5.51. The van der Waals surface area contributed by atoms with Gasteiger partial charge >= 0.3 is 6.18 Å². The summed E-state index contributed by atoms with van der Waals surface area (Å²) in [6, 6.07) is 18.9. The molecule has 1 atom stereocenters. The van der Waals surface area contributed by atoms with E-state index in [1.807, 2.05) is 30.3 Å². The quantitative estimate of drug-likeness (QED) is 0.210. The molecule has 1 heterocycles. The van der Waals surface area contributed by atoms with Gasteiger partial charge in [-0.25, -0.2) is 4.39 Å². The molecule has 3 aromatic carbocycles. The van der Waals surface area contributed by atoms with E-state index in [-0.39, 0.29) is 23.0 Å². The zero-order valence-electron chi connectivity index (χ0n) is 22.4. The smallest absolute Gasteiger partial charge is 0.351 e. The molecule has 4 aromatic rings. The second-order valence-corrected chi connectivity index (χ2v) is 10.7. The van der Waals surface area contributed by atoms with Gasteiger partial charge in [-0.15, -0.1) is 0 Å². The van der Waals surface area contributed by atoms with Crippen molar-refractivity contribution in [3.63, 3.8) is 0 Å². The van der Waals surface area contributed by atoms with Crippen molar-refractivity contribution in [2.45, 2.75) is 50.4 Å². The van der Waals surface area contributed by atoms with E-state index < -0.39 is 40.4 Å². The number of halogens is 5. The van der Waals surface area contributed by atoms with Gasteiger partial charge in [0.15, 0.2) is 0 Å². The van der Waals surface area contributed by atoms with Crippen molar-refractivity contribution in [3.8, 4) is 11.3 Å². The lowest BCUT2D eigenvalue weighted by Gasteiger charge is -2.33. The molecule has 2 amide bonds. The molecule has 5 rings (SSSR count). The minimum Gasteiger partial charge on any atom is -0.351 e. The predicted octanol–water partition coefficient (Wildman–Crippen LogP) is 8.33. The SMILES string of the molecule is O=C(NC1CCCCC1)C(c1ccc(F)cc1)N(C(=O)c1ccc(-c2ccccc2)[nH]1)c1ccc(Cl)c(C(F)(F)F)c1. The van der Waals surface area contributed by atoms with Crippen LogP contribution < -0.4 is 10.2 Å². The summed E-state index contributed by atoms with van der Waals surface area (Å²) in [4.78, 5) is 32.3. The zero-order valence-corrected chi connectivity index (χ0v) is 23.2. The standard InChI is InChI=1S/C32H28ClF4N3O2/c33-26-16-15-24(19-25(26)32(35,36)37)40(31(42)28-18-17-27(39-28)20-7-3-1-4-8-20)29(21-11-13-22(34)14-12-21)30(41)38-23-9-5-2-6-10-23/h1,3-4,7-8,11-19,23,29,39H,2,5-6,9-10H2,(H,38,41). The number of rotatable bonds is 7. The number of nitrogens with one attached hydrogen (secondary N) is 2. The Morgan fingerprint density at radius 3 is 2.26 bits per heavy atom. The molecule has 2 N–H and O–H groups in total. The average molecular weight is 598 g/mol. The lowest BCUT2D eigenvalue weighted by atomic mass is 9.94. The molecule has 0 bridgehead atoms. The number of H-pyrrole nitrogens is 1.